The summed E-state index contributed by atoms with van der Waals surface area (Å²) in [5.41, 5.74) is 2.65. The highest BCUT2D eigenvalue weighted by molar-refractivity contribution is 5.77. The summed E-state index contributed by atoms with van der Waals surface area (Å²) in [6, 6.07) is 10.8. The van der Waals surface area contributed by atoms with Crippen LogP contribution in [0, 0.1) is 6.92 Å². The summed E-state index contributed by atoms with van der Waals surface area (Å²) in [6.45, 7) is 1.96. The lowest BCUT2D eigenvalue weighted by atomic mass is 9.90. The minimum atomic E-state index is -4.72. The van der Waals surface area contributed by atoms with Gasteiger partial charge in [0, 0.05) is 47.2 Å². The van der Waals surface area contributed by atoms with Gasteiger partial charge in [-0.05, 0) is 86.2 Å². The number of aliphatic imine (C=N–C) groups is 1. The largest absolute Gasteiger partial charge is 0.417 e. The van der Waals surface area contributed by atoms with Crippen LogP contribution in [0.2, 0.25) is 0 Å². The Hall–Kier alpha value is -4.53. The first-order valence-corrected chi connectivity index (χ1v) is 15.2. The van der Waals surface area contributed by atoms with Gasteiger partial charge in [-0.15, -0.1) is 0 Å². The van der Waals surface area contributed by atoms with Gasteiger partial charge in [0.2, 0.25) is 0 Å². The number of dihydropyridines is 1. The molecule has 3 aliphatic rings. The number of nitrogens with zero attached hydrogens (tertiary/aromatic N) is 3. The molecule has 0 saturated heterocycles. The van der Waals surface area contributed by atoms with E-state index in [0.717, 1.165) is 37.1 Å². The molecule has 2 aliphatic carbocycles. The number of anilines is 1. The zero-order valence-corrected chi connectivity index (χ0v) is 25.5. The minimum absolute atomic E-state index is 0.0930. The van der Waals surface area contributed by atoms with Crippen molar-refractivity contribution in [2.24, 2.45) is 12.0 Å². The lowest BCUT2D eigenvalue weighted by molar-refractivity contribution is -0.137. The van der Waals surface area contributed by atoms with Crippen LogP contribution in [0.3, 0.4) is 0 Å². The Morgan fingerprint density at radius 2 is 1.43 bits per heavy atom. The molecule has 1 aromatic heterocycles. The molecule has 0 bridgehead atoms. The SMILES string of the molecule is Cc1ccc(-c2ccc(-c3ccc(N(C4=CC=C(C5=CC=CCC5)CC4)C4C=CC=NC4)cc3C(F)(F)F)n2C)c(C(F)(F)F)c1. The second-order valence-corrected chi connectivity index (χ2v) is 11.8. The van der Waals surface area contributed by atoms with Crippen molar-refractivity contribution in [1.82, 2.24) is 4.57 Å². The number of aryl methyl sites for hydroxylation is 1. The van der Waals surface area contributed by atoms with E-state index in [0.29, 0.717) is 24.2 Å². The van der Waals surface area contributed by atoms with Crippen LogP contribution in [0.4, 0.5) is 32.0 Å². The molecule has 1 aliphatic heterocycles. The van der Waals surface area contributed by atoms with Gasteiger partial charge >= 0.3 is 12.4 Å². The smallest absolute Gasteiger partial charge is 0.344 e. The maximum atomic E-state index is 14.8. The van der Waals surface area contributed by atoms with Crippen molar-refractivity contribution in [1.29, 1.82) is 0 Å². The third kappa shape index (κ3) is 6.28. The Bertz CT molecular complexity index is 1830. The fourth-order valence-corrected chi connectivity index (χ4v) is 6.48. The maximum absolute atomic E-state index is 14.8. The van der Waals surface area contributed by atoms with Crippen LogP contribution in [-0.4, -0.2) is 23.4 Å². The summed E-state index contributed by atoms with van der Waals surface area (Å²) in [5.74, 6) is 0. The zero-order valence-electron chi connectivity index (χ0n) is 25.5. The van der Waals surface area contributed by atoms with E-state index in [4.69, 9.17) is 0 Å². The van der Waals surface area contributed by atoms with E-state index in [9.17, 15) is 26.3 Å². The Balaban J connectivity index is 1.43. The second-order valence-electron chi connectivity index (χ2n) is 11.8. The molecule has 6 rings (SSSR count). The van der Waals surface area contributed by atoms with Crippen molar-refractivity contribution in [3.63, 3.8) is 0 Å². The van der Waals surface area contributed by atoms with Gasteiger partial charge in [-0.2, -0.15) is 26.3 Å². The van der Waals surface area contributed by atoms with E-state index in [1.54, 1.807) is 31.3 Å². The van der Waals surface area contributed by atoms with Crippen LogP contribution < -0.4 is 4.90 Å². The van der Waals surface area contributed by atoms with Gasteiger partial charge in [-0.25, -0.2) is 0 Å². The predicted molar refractivity (Wildman–Crippen MR) is 172 cm³/mol. The summed E-state index contributed by atoms with van der Waals surface area (Å²) >= 11 is 0. The number of benzene rings is 2. The van der Waals surface area contributed by atoms with Crippen LogP contribution in [0.25, 0.3) is 22.5 Å². The van der Waals surface area contributed by atoms with Crippen LogP contribution in [0.15, 0.2) is 113 Å². The Labute approximate surface area is 264 Å². The predicted octanol–water partition coefficient (Wildman–Crippen LogP) is 10.4. The third-order valence-electron chi connectivity index (χ3n) is 8.75. The molecule has 1 atom stereocenters. The maximum Gasteiger partial charge on any atom is 0.417 e. The van der Waals surface area contributed by atoms with Gasteiger partial charge in [0.25, 0.3) is 0 Å². The second kappa shape index (κ2) is 12.3. The van der Waals surface area contributed by atoms with Gasteiger partial charge < -0.3 is 9.47 Å². The van der Waals surface area contributed by atoms with Gasteiger partial charge in [0.05, 0.1) is 23.7 Å². The molecule has 2 heterocycles. The summed E-state index contributed by atoms with van der Waals surface area (Å²) in [7, 11) is 1.49. The standard InChI is InChI=1S/C37H33F6N3/c1-24-10-16-30(32(21-24)36(38,39)40)34-18-19-35(45(34)2)31-17-15-28(22-33(31)37(41,42)43)46(29-9-6-20-44-23-29)27-13-11-26(12-14-27)25-7-4-3-5-8-25/h3-4,6-7,9-11,13,15-22,29H,5,8,12,14,23H2,1-2H3. The zero-order chi connectivity index (χ0) is 32.6. The van der Waals surface area contributed by atoms with Crippen molar-refractivity contribution >= 4 is 11.9 Å². The molecular weight excluding hydrogens is 600 g/mol. The van der Waals surface area contributed by atoms with E-state index in [2.05, 4.69) is 29.3 Å². The Morgan fingerprint density at radius 3 is 2.02 bits per heavy atom. The fraction of sp³-hybridized carbons (Fsp3) is 0.270. The van der Waals surface area contributed by atoms with Crippen LogP contribution in [-0.2, 0) is 19.4 Å². The van der Waals surface area contributed by atoms with Crippen molar-refractivity contribution in [2.45, 2.75) is 51.0 Å². The van der Waals surface area contributed by atoms with E-state index in [1.807, 2.05) is 17.1 Å². The summed E-state index contributed by atoms with van der Waals surface area (Å²) in [4.78, 5) is 6.30. The quantitative estimate of drug-likeness (QED) is 0.248. The van der Waals surface area contributed by atoms with E-state index in [1.165, 1.54) is 47.0 Å². The van der Waals surface area contributed by atoms with Crippen LogP contribution >= 0.6 is 0 Å². The normalized spacial score (nSPS) is 18.3. The lowest BCUT2D eigenvalue weighted by Crippen LogP contribution is -2.37. The lowest BCUT2D eigenvalue weighted by Gasteiger charge is -2.36. The van der Waals surface area contributed by atoms with Crippen LogP contribution in [0.5, 0.6) is 0 Å². The Kier molecular flexibility index (Phi) is 8.44. The molecule has 0 spiro atoms. The first-order chi connectivity index (χ1) is 21.9. The van der Waals surface area contributed by atoms with Crippen LogP contribution in [0.1, 0.15) is 42.4 Å². The molecule has 9 heteroatoms. The highest BCUT2D eigenvalue weighted by Crippen LogP contribution is 2.44. The number of hydrogen-bond acceptors (Lipinski definition) is 2. The van der Waals surface area contributed by atoms with Crippen molar-refractivity contribution in [3.8, 4) is 22.5 Å². The van der Waals surface area contributed by atoms with E-state index >= 15 is 0 Å². The molecule has 0 saturated carbocycles. The molecule has 0 N–H and O–H groups in total. The third-order valence-corrected chi connectivity index (χ3v) is 8.75. The Morgan fingerprint density at radius 1 is 0.761 bits per heavy atom. The molecule has 0 amide bonds. The molecule has 1 unspecified atom stereocenters. The topological polar surface area (TPSA) is 20.5 Å². The average molecular weight is 634 g/mol. The molecule has 3 nitrogen and oxygen atoms in total. The molecule has 0 fully saturated rings. The summed E-state index contributed by atoms with van der Waals surface area (Å²) in [6.07, 6.45) is 9.83. The molecule has 3 aromatic rings. The van der Waals surface area contributed by atoms with E-state index < -0.39 is 23.5 Å². The number of aromatic nitrogens is 1. The summed E-state index contributed by atoms with van der Waals surface area (Å²) < 4.78 is 87.6. The number of alkyl halides is 6. The minimum Gasteiger partial charge on any atom is -0.344 e. The highest BCUT2D eigenvalue weighted by atomic mass is 19.4. The van der Waals surface area contributed by atoms with Crippen molar-refractivity contribution in [2.75, 3.05) is 11.4 Å². The monoisotopic (exact) mass is 633 g/mol. The first kappa shape index (κ1) is 31.5. The number of rotatable bonds is 6. The molecule has 2 aromatic carbocycles. The van der Waals surface area contributed by atoms with Gasteiger partial charge in [0.15, 0.2) is 0 Å². The number of halogens is 6. The molecular formula is C37H33F6N3. The first-order valence-electron chi connectivity index (χ1n) is 15.2. The van der Waals surface area contributed by atoms with Crippen molar-refractivity contribution < 1.29 is 26.3 Å². The highest BCUT2D eigenvalue weighted by Gasteiger charge is 2.37. The average Bonchev–Trinajstić information content (AvgIpc) is 3.42. The fourth-order valence-electron chi connectivity index (χ4n) is 6.48. The van der Waals surface area contributed by atoms with Gasteiger partial charge in [0.1, 0.15) is 0 Å². The molecule has 46 heavy (non-hydrogen) atoms. The van der Waals surface area contributed by atoms with Crippen molar-refractivity contribution in [3.05, 3.63) is 125 Å². The summed E-state index contributed by atoms with van der Waals surface area (Å²) in [5, 5.41) is 0. The van der Waals surface area contributed by atoms with Gasteiger partial charge in [-0.1, -0.05) is 54.1 Å². The number of allylic oxidation sites excluding steroid dienone is 9. The van der Waals surface area contributed by atoms with Gasteiger partial charge in [-0.3, -0.25) is 4.99 Å². The number of hydrogen-bond donors (Lipinski definition) is 0. The van der Waals surface area contributed by atoms with E-state index in [-0.39, 0.29) is 28.6 Å². The molecule has 238 valence electrons. The molecule has 0 radical (unpaired) electrons.